The first-order chi connectivity index (χ1) is 10.3. The zero-order valence-corrected chi connectivity index (χ0v) is 13.1. The summed E-state index contributed by atoms with van der Waals surface area (Å²) in [6.45, 7) is 0.556. The van der Waals surface area contributed by atoms with E-state index in [0.29, 0.717) is 18.9 Å². The van der Waals surface area contributed by atoms with Crippen LogP contribution in [0.15, 0.2) is 30.3 Å². The lowest BCUT2D eigenvalue weighted by Crippen LogP contribution is -2.14. The van der Waals surface area contributed by atoms with E-state index >= 15 is 0 Å². The second-order valence-corrected chi connectivity index (χ2v) is 6.22. The summed E-state index contributed by atoms with van der Waals surface area (Å²) in [6.07, 6.45) is 11.6. The molecule has 21 heavy (non-hydrogen) atoms. The van der Waals surface area contributed by atoms with Gasteiger partial charge in [0.15, 0.2) is 0 Å². The van der Waals surface area contributed by atoms with Crippen LogP contribution < -0.4 is 0 Å². The molecule has 0 radical (unpaired) electrons. The molecular formula is C19H28O2. The number of ether oxygens (including phenoxy) is 1. The number of aryl methyl sites for hydroxylation is 1. The van der Waals surface area contributed by atoms with Gasteiger partial charge in [-0.25, -0.2) is 0 Å². The van der Waals surface area contributed by atoms with Crippen molar-refractivity contribution >= 4 is 5.97 Å². The molecule has 0 aliphatic heterocycles. The second kappa shape index (κ2) is 9.59. The second-order valence-electron chi connectivity index (χ2n) is 6.22. The quantitative estimate of drug-likeness (QED) is 0.549. The fourth-order valence-electron chi connectivity index (χ4n) is 3.15. The van der Waals surface area contributed by atoms with Crippen molar-refractivity contribution in [3.05, 3.63) is 35.9 Å². The van der Waals surface area contributed by atoms with Crippen molar-refractivity contribution in [2.45, 2.75) is 64.2 Å². The largest absolute Gasteiger partial charge is 0.466 e. The maximum atomic E-state index is 11.9. The van der Waals surface area contributed by atoms with E-state index in [0.717, 1.165) is 12.8 Å². The zero-order valence-electron chi connectivity index (χ0n) is 13.1. The molecule has 0 spiro atoms. The Hall–Kier alpha value is -1.31. The number of hydrogen-bond acceptors (Lipinski definition) is 2. The van der Waals surface area contributed by atoms with Crippen molar-refractivity contribution in [3.63, 3.8) is 0 Å². The standard InChI is InChI=1S/C19H28O2/c20-19(16-18-12-5-2-1-3-6-13-18)21-15-9-14-17-10-7-4-8-11-17/h4,7-8,10-11,18H,1-3,5-6,9,12-16H2. The van der Waals surface area contributed by atoms with E-state index in [1.165, 1.54) is 50.5 Å². The molecule has 0 N–H and O–H groups in total. The van der Waals surface area contributed by atoms with Crippen LogP contribution >= 0.6 is 0 Å². The summed E-state index contributed by atoms with van der Waals surface area (Å²) in [5.41, 5.74) is 1.31. The van der Waals surface area contributed by atoms with Gasteiger partial charge in [0.05, 0.1) is 6.61 Å². The SMILES string of the molecule is O=C(CC1CCCCCCC1)OCCCc1ccccc1. The molecule has 1 aromatic carbocycles. The third-order valence-electron chi connectivity index (χ3n) is 4.40. The first-order valence-electron chi connectivity index (χ1n) is 8.54. The summed E-state index contributed by atoms with van der Waals surface area (Å²) < 4.78 is 5.40. The van der Waals surface area contributed by atoms with Gasteiger partial charge in [0, 0.05) is 6.42 Å². The molecule has 0 amide bonds. The number of rotatable bonds is 6. The van der Waals surface area contributed by atoms with Gasteiger partial charge in [-0.05, 0) is 37.2 Å². The normalized spacial score (nSPS) is 17.0. The number of hydrogen-bond donors (Lipinski definition) is 0. The summed E-state index contributed by atoms with van der Waals surface area (Å²) in [6, 6.07) is 10.4. The molecule has 1 aromatic rings. The summed E-state index contributed by atoms with van der Waals surface area (Å²) in [4.78, 5) is 11.9. The van der Waals surface area contributed by atoms with Gasteiger partial charge in [-0.1, -0.05) is 62.4 Å². The number of carbonyl (C=O) groups excluding carboxylic acids is 1. The summed E-state index contributed by atoms with van der Waals surface area (Å²) in [5.74, 6) is 0.570. The van der Waals surface area contributed by atoms with E-state index in [4.69, 9.17) is 4.74 Å². The zero-order chi connectivity index (χ0) is 14.8. The number of esters is 1. The number of benzene rings is 1. The number of carbonyl (C=O) groups is 1. The van der Waals surface area contributed by atoms with Crippen LogP contribution in [-0.2, 0) is 16.0 Å². The maximum Gasteiger partial charge on any atom is 0.306 e. The molecule has 2 rings (SSSR count). The highest BCUT2D eigenvalue weighted by Gasteiger charge is 2.16. The van der Waals surface area contributed by atoms with E-state index in [-0.39, 0.29) is 5.97 Å². The van der Waals surface area contributed by atoms with Crippen LogP contribution in [0.2, 0.25) is 0 Å². The highest BCUT2D eigenvalue weighted by molar-refractivity contribution is 5.69. The van der Waals surface area contributed by atoms with Crippen LogP contribution in [0.25, 0.3) is 0 Å². The average molecular weight is 288 g/mol. The van der Waals surface area contributed by atoms with Gasteiger partial charge in [0.2, 0.25) is 0 Å². The fourth-order valence-corrected chi connectivity index (χ4v) is 3.15. The lowest BCUT2D eigenvalue weighted by atomic mass is 9.89. The van der Waals surface area contributed by atoms with Crippen molar-refractivity contribution in [1.29, 1.82) is 0 Å². The Morgan fingerprint density at radius 3 is 2.38 bits per heavy atom. The molecule has 2 nitrogen and oxygen atoms in total. The van der Waals surface area contributed by atoms with Crippen LogP contribution in [0, 0.1) is 5.92 Å². The molecule has 0 atom stereocenters. The van der Waals surface area contributed by atoms with Gasteiger partial charge >= 0.3 is 5.97 Å². The molecule has 116 valence electrons. The third-order valence-corrected chi connectivity index (χ3v) is 4.40. The Labute approximate surface area is 128 Å². The van der Waals surface area contributed by atoms with Gasteiger partial charge in [0.1, 0.15) is 0 Å². The van der Waals surface area contributed by atoms with Crippen molar-refractivity contribution in [1.82, 2.24) is 0 Å². The predicted octanol–water partition coefficient (Wildman–Crippen LogP) is 4.91. The molecular weight excluding hydrogens is 260 g/mol. The molecule has 1 aliphatic carbocycles. The van der Waals surface area contributed by atoms with E-state index < -0.39 is 0 Å². The van der Waals surface area contributed by atoms with Crippen molar-refractivity contribution in [3.8, 4) is 0 Å². The first kappa shape index (κ1) is 16.1. The molecule has 1 aliphatic rings. The molecule has 0 aromatic heterocycles. The van der Waals surface area contributed by atoms with Gasteiger partial charge in [-0.15, -0.1) is 0 Å². The maximum absolute atomic E-state index is 11.9. The monoisotopic (exact) mass is 288 g/mol. The van der Waals surface area contributed by atoms with Crippen LogP contribution in [0.1, 0.15) is 63.4 Å². The molecule has 0 unspecified atom stereocenters. The Morgan fingerprint density at radius 2 is 1.67 bits per heavy atom. The molecule has 2 heteroatoms. The van der Waals surface area contributed by atoms with E-state index in [1.807, 2.05) is 6.07 Å². The highest BCUT2D eigenvalue weighted by Crippen LogP contribution is 2.25. The molecule has 0 saturated heterocycles. The Morgan fingerprint density at radius 1 is 1.00 bits per heavy atom. The fraction of sp³-hybridized carbons (Fsp3) is 0.632. The van der Waals surface area contributed by atoms with Crippen LogP contribution in [-0.4, -0.2) is 12.6 Å². The minimum absolute atomic E-state index is 0.00800. The topological polar surface area (TPSA) is 26.3 Å². The lowest BCUT2D eigenvalue weighted by molar-refractivity contribution is -0.145. The summed E-state index contributed by atoms with van der Waals surface area (Å²) in [5, 5.41) is 0. The summed E-state index contributed by atoms with van der Waals surface area (Å²) >= 11 is 0. The van der Waals surface area contributed by atoms with Gasteiger partial charge < -0.3 is 4.74 Å². The van der Waals surface area contributed by atoms with Crippen molar-refractivity contribution in [2.75, 3.05) is 6.61 Å². The Bertz CT molecular complexity index is 391. The van der Waals surface area contributed by atoms with Crippen molar-refractivity contribution in [2.24, 2.45) is 5.92 Å². The van der Waals surface area contributed by atoms with E-state index in [9.17, 15) is 4.79 Å². The third kappa shape index (κ3) is 6.79. The van der Waals surface area contributed by atoms with E-state index in [2.05, 4.69) is 24.3 Å². The average Bonchev–Trinajstić information content (AvgIpc) is 2.47. The first-order valence-corrected chi connectivity index (χ1v) is 8.54. The lowest BCUT2D eigenvalue weighted by Gasteiger charge is -2.18. The van der Waals surface area contributed by atoms with Gasteiger partial charge in [0.25, 0.3) is 0 Å². The van der Waals surface area contributed by atoms with Crippen molar-refractivity contribution < 1.29 is 9.53 Å². The summed E-state index contributed by atoms with van der Waals surface area (Å²) in [7, 11) is 0. The minimum Gasteiger partial charge on any atom is -0.466 e. The molecule has 1 fully saturated rings. The highest BCUT2D eigenvalue weighted by atomic mass is 16.5. The Balaban J connectivity index is 1.58. The smallest absolute Gasteiger partial charge is 0.306 e. The molecule has 0 heterocycles. The Kier molecular flexibility index (Phi) is 7.34. The van der Waals surface area contributed by atoms with Gasteiger partial charge in [-0.3, -0.25) is 4.79 Å². The van der Waals surface area contributed by atoms with Crippen LogP contribution in [0.5, 0.6) is 0 Å². The van der Waals surface area contributed by atoms with E-state index in [1.54, 1.807) is 0 Å². The van der Waals surface area contributed by atoms with Crippen LogP contribution in [0.3, 0.4) is 0 Å². The predicted molar refractivity (Wildman–Crippen MR) is 86.1 cm³/mol. The van der Waals surface area contributed by atoms with Gasteiger partial charge in [-0.2, -0.15) is 0 Å². The minimum atomic E-state index is 0.00800. The molecule has 1 saturated carbocycles. The molecule has 0 bridgehead atoms. The van der Waals surface area contributed by atoms with Crippen LogP contribution in [0.4, 0.5) is 0 Å².